The summed E-state index contributed by atoms with van der Waals surface area (Å²) < 4.78 is 22.2. The highest BCUT2D eigenvalue weighted by Gasteiger charge is 2.39. The Hall–Kier alpha value is -3.19. The summed E-state index contributed by atoms with van der Waals surface area (Å²) in [4.78, 5) is 30.5. The van der Waals surface area contributed by atoms with E-state index < -0.39 is 17.3 Å². The van der Waals surface area contributed by atoms with Gasteiger partial charge in [0.25, 0.3) is 5.56 Å². The van der Waals surface area contributed by atoms with Crippen LogP contribution in [0.3, 0.4) is 0 Å². The van der Waals surface area contributed by atoms with Gasteiger partial charge in [-0.1, -0.05) is 30.3 Å². The minimum atomic E-state index is -0.644. The molecule has 4 heterocycles. The molecule has 0 spiro atoms. The second-order valence-electron chi connectivity index (χ2n) is 10.9. The van der Waals surface area contributed by atoms with Crippen LogP contribution in [0.2, 0.25) is 0 Å². The van der Waals surface area contributed by atoms with E-state index in [2.05, 4.69) is 34.1 Å². The number of likely N-dealkylation sites (tertiary alicyclic amines) is 1. The summed E-state index contributed by atoms with van der Waals surface area (Å²) in [5.41, 5.74) is 3.89. The molecule has 2 atom stereocenters. The Kier molecular flexibility index (Phi) is 6.27. The van der Waals surface area contributed by atoms with Gasteiger partial charge in [-0.15, -0.1) is 0 Å². The summed E-state index contributed by atoms with van der Waals surface area (Å²) >= 11 is 0. The first-order valence-electron chi connectivity index (χ1n) is 13.5. The van der Waals surface area contributed by atoms with Crippen LogP contribution in [0.25, 0.3) is 5.52 Å². The topological polar surface area (TPSA) is 54.3 Å². The number of carbonyl (C=O) groups is 1. The molecule has 6 rings (SSSR count). The minimum absolute atomic E-state index is 0.0153. The molecule has 2 aliphatic heterocycles. The van der Waals surface area contributed by atoms with Crippen molar-refractivity contribution in [3.63, 3.8) is 0 Å². The van der Waals surface area contributed by atoms with Gasteiger partial charge in [0, 0.05) is 26.2 Å². The zero-order valence-corrected chi connectivity index (χ0v) is 21.6. The van der Waals surface area contributed by atoms with Gasteiger partial charge in [0.2, 0.25) is 0 Å². The largest absolute Gasteiger partial charge is 0.462 e. The SMILES string of the molecule is CCOC(=O)c1cc(C2CC2)c2c(C)c(N3C[C@H]4CCN(Cc5ccccc5)C[C@@H]4C3)c(F)cn2c1=O. The summed E-state index contributed by atoms with van der Waals surface area (Å²) in [6.45, 7) is 8.49. The molecule has 1 aliphatic carbocycles. The van der Waals surface area contributed by atoms with Gasteiger partial charge in [0.05, 0.1) is 24.0 Å². The van der Waals surface area contributed by atoms with E-state index in [9.17, 15) is 9.59 Å². The molecule has 3 aliphatic rings. The highest BCUT2D eigenvalue weighted by Crippen LogP contribution is 2.45. The molecule has 0 radical (unpaired) electrons. The number of aromatic nitrogens is 1. The van der Waals surface area contributed by atoms with Gasteiger partial charge in [-0.25, -0.2) is 9.18 Å². The van der Waals surface area contributed by atoms with E-state index in [0.29, 0.717) is 17.5 Å². The Morgan fingerprint density at radius 2 is 1.84 bits per heavy atom. The molecule has 0 amide bonds. The number of rotatable bonds is 6. The number of anilines is 1. The number of pyridine rings is 2. The highest BCUT2D eigenvalue weighted by atomic mass is 19.1. The van der Waals surface area contributed by atoms with Crippen molar-refractivity contribution < 1.29 is 13.9 Å². The fourth-order valence-corrected chi connectivity index (χ4v) is 6.50. The lowest BCUT2D eigenvalue weighted by atomic mass is 9.88. The van der Waals surface area contributed by atoms with Gasteiger partial charge in [-0.3, -0.25) is 14.1 Å². The van der Waals surface area contributed by atoms with Crippen LogP contribution < -0.4 is 10.5 Å². The molecule has 37 heavy (non-hydrogen) atoms. The quantitative estimate of drug-likeness (QED) is 0.454. The van der Waals surface area contributed by atoms with Crippen LogP contribution in [0.5, 0.6) is 0 Å². The van der Waals surface area contributed by atoms with E-state index in [1.165, 1.54) is 16.2 Å². The third kappa shape index (κ3) is 4.43. The Morgan fingerprint density at radius 1 is 1.08 bits per heavy atom. The van der Waals surface area contributed by atoms with Gasteiger partial charge in [0.15, 0.2) is 5.82 Å². The first-order valence-corrected chi connectivity index (χ1v) is 13.5. The Labute approximate surface area is 216 Å². The standard InChI is InChI=1S/C30H34FN3O3/c1-3-37-30(36)25-13-24(21-9-10-21)27-19(2)28(26(31)18-34(27)29(25)35)33-16-22-11-12-32(15-23(22)17-33)14-20-7-5-4-6-8-20/h4-8,13,18,21-23H,3,9-12,14-17H2,1-2H3/t22-,23-/m1/s1. The smallest absolute Gasteiger partial charge is 0.343 e. The molecule has 194 valence electrons. The molecule has 1 aromatic carbocycles. The number of esters is 1. The minimum Gasteiger partial charge on any atom is -0.462 e. The normalized spacial score (nSPS) is 21.9. The first-order chi connectivity index (χ1) is 17.9. The average molecular weight is 504 g/mol. The second kappa shape index (κ2) is 9.60. The van der Waals surface area contributed by atoms with Crippen molar-refractivity contribution in [2.24, 2.45) is 11.8 Å². The summed E-state index contributed by atoms with van der Waals surface area (Å²) in [5, 5.41) is 0. The zero-order valence-electron chi connectivity index (χ0n) is 21.6. The van der Waals surface area contributed by atoms with Crippen LogP contribution in [-0.2, 0) is 11.3 Å². The van der Waals surface area contributed by atoms with E-state index in [1.54, 1.807) is 13.0 Å². The second-order valence-corrected chi connectivity index (χ2v) is 10.9. The van der Waals surface area contributed by atoms with Crippen molar-refractivity contribution in [3.8, 4) is 0 Å². The van der Waals surface area contributed by atoms with Crippen molar-refractivity contribution in [1.82, 2.24) is 9.30 Å². The number of piperidine rings is 1. The summed E-state index contributed by atoms with van der Waals surface area (Å²) in [6.07, 6.45) is 4.41. The van der Waals surface area contributed by atoms with E-state index in [1.807, 2.05) is 13.0 Å². The summed E-state index contributed by atoms with van der Waals surface area (Å²) in [5.74, 6) is 0.264. The van der Waals surface area contributed by atoms with Crippen molar-refractivity contribution in [2.45, 2.75) is 45.6 Å². The number of hydrogen-bond donors (Lipinski definition) is 0. The third-order valence-electron chi connectivity index (χ3n) is 8.41. The third-order valence-corrected chi connectivity index (χ3v) is 8.41. The van der Waals surface area contributed by atoms with Crippen molar-refractivity contribution in [1.29, 1.82) is 0 Å². The maximum atomic E-state index is 15.8. The number of ether oxygens (including phenoxy) is 1. The molecule has 2 aromatic heterocycles. The molecule has 3 fully saturated rings. The van der Waals surface area contributed by atoms with E-state index >= 15 is 4.39 Å². The Morgan fingerprint density at radius 3 is 2.57 bits per heavy atom. The van der Waals surface area contributed by atoms with Gasteiger partial charge in [0.1, 0.15) is 5.56 Å². The van der Waals surface area contributed by atoms with E-state index in [-0.39, 0.29) is 18.1 Å². The molecular weight excluding hydrogens is 469 g/mol. The van der Waals surface area contributed by atoms with Gasteiger partial charge < -0.3 is 9.64 Å². The van der Waals surface area contributed by atoms with Gasteiger partial charge in [-0.05, 0) is 80.2 Å². The number of benzene rings is 1. The van der Waals surface area contributed by atoms with E-state index in [0.717, 1.165) is 68.6 Å². The predicted octanol–water partition coefficient (Wildman–Crippen LogP) is 4.76. The van der Waals surface area contributed by atoms with E-state index in [4.69, 9.17) is 4.74 Å². The number of carbonyl (C=O) groups excluding carboxylic acids is 1. The van der Waals surface area contributed by atoms with Crippen LogP contribution in [0, 0.1) is 24.6 Å². The maximum Gasteiger partial charge on any atom is 0.343 e. The average Bonchev–Trinajstić information content (AvgIpc) is 3.64. The number of halogens is 1. The number of fused-ring (bicyclic) bond motifs is 2. The fraction of sp³-hybridized carbons (Fsp3) is 0.467. The first kappa shape index (κ1) is 24.2. The molecular formula is C30H34FN3O3. The molecule has 2 saturated heterocycles. The summed E-state index contributed by atoms with van der Waals surface area (Å²) in [6, 6.07) is 12.3. The molecule has 6 nitrogen and oxygen atoms in total. The number of nitrogens with zero attached hydrogens (tertiary/aromatic N) is 3. The summed E-state index contributed by atoms with van der Waals surface area (Å²) in [7, 11) is 0. The lowest BCUT2D eigenvalue weighted by Gasteiger charge is -2.34. The van der Waals surface area contributed by atoms with Crippen molar-refractivity contribution in [2.75, 3.05) is 37.7 Å². The maximum absolute atomic E-state index is 15.8. The van der Waals surface area contributed by atoms with Crippen LogP contribution in [0.1, 0.15) is 59.2 Å². The van der Waals surface area contributed by atoms with Crippen LogP contribution in [0.4, 0.5) is 10.1 Å². The lowest BCUT2D eigenvalue weighted by Crippen LogP contribution is -2.39. The van der Waals surface area contributed by atoms with Crippen molar-refractivity contribution >= 4 is 17.2 Å². The lowest BCUT2D eigenvalue weighted by molar-refractivity contribution is 0.0524. The Bertz CT molecular complexity index is 1400. The monoisotopic (exact) mass is 503 g/mol. The number of hydrogen-bond acceptors (Lipinski definition) is 5. The van der Waals surface area contributed by atoms with Crippen LogP contribution in [0.15, 0.2) is 47.4 Å². The highest BCUT2D eigenvalue weighted by molar-refractivity contribution is 5.90. The van der Waals surface area contributed by atoms with Crippen LogP contribution in [-0.4, -0.2) is 48.1 Å². The molecule has 7 heteroatoms. The predicted molar refractivity (Wildman–Crippen MR) is 142 cm³/mol. The number of aryl methyl sites for hydroxylation is 1. The molecule has 0 N–H and O–H groups in total. The zero-order chi connectivity index (χ0) is 25.7. The molecule has 3 aromatic rings. The molecule has 0 unspecified atom stereocenters. The molecule has 1 saturated carbocycles. The Balaban J connectivity index is 1.32. The van der Waals surface area contributed by atoms with Crippen molar-refractivity contribution in [3.05, 3.63) is 81.0 Å². The van der Waals surface area contributed by atoms with Gasteiger partial charge >= 0.3 is 5.97 Å². The van der Waals surface area contributed by atoms with Crippen LogP contribution >= 0.6 is 0 Å². The van der Waals surface area contributed by atoms with Gasteiger partial charge in [-0.2, -0.15) is 0 Å². The molecule has 0 bridgehead atoms. The fourth-order valence-electron chi connectivity index (χ4n) is 6.50.